The highest BCUT2D eigenvalue weighted by Gasteiger charge is 2.58. The molecule has 0 saturated heterocycles. The SMILES string of the molecule is COC(=O)C1(C)CCCC2(C)c3c(Cl)c(Cl)c(C(C)C)c(Cl)c3C(=NOS(=O)(=O)c3ccc(C)cc3)CC12. The molecule has 6 nitrogen and oxygen atoms in total. The maximum atomic E-state index is 13.1. The molecule has 0 spiro atoms. The van der Waals surface area contributed by atoms with E-state index < -0.39 is 20.9 Å². The second-order valence-electron chi connectivity index (χ2n) is 11.1. The van der Waals surface area contributed by atoms with E-state index in [0.717, 1.165) is 18.4 Å². The number of halogens is 3. The largest absolute Gasteiger partial charge is 0.469 e. The number of hydrogen-bond acceptors (Lipinski definition) is 6. The zero-order chi connectivity index (χ0) is 28.2. The van der Waals surface area contributed by atoms with E-state index in [-0.39, 0.29) is 29.1 Å². The summed E-state index contributed by atoms with van der Waals surface area (Å²) in [7, 11) is -2.84. The number of benzene rings is 2. The molecule has 3 unspecified atom stereocenters. The van der Waals surface area contributed by atoms with Crippen LogP contribution in [0.25, 0.3) is 0 Å². The molecule has 0 N–H and O–H groups in total. The molecule has 0 heterocycles. The Balaban J connectivity index is 1.97. The summed E-state index contributed by atoms with van der Waals surface area (Å²) in [6.45, 7) is 9.71. The van der Waals surface area contributed by atoms with Crippen molar-refractivity contribution >= 4 is 56.6 Å². The van der Waals surface area contributed by atoms with E-state index in [9.17, 15) is 13.2 Å². The molecule has 1 saturated carbocycles. The van der Waals surface area contributed by atoms with Gasteiger partial charge in [-0.1, -0.05) is 84.8 Å². The average molecular weight is 601 g/mol. The van der Waals surface area contributed by atoms with Crippen molar-refractivity contribution in [2.45, 2.75) is 76.5 Å². The number of rotatable bonds is 5. The Hall–Kier alpha value is -1.80. The first kappa shape index (κ1) is 29.2. The second kappa shape index (κ2) is 10.3. The third kappa shape index (κ3) is 4.63. The fourth-order valence-electron chi connectivity index (χ4n) is 6.31. The lowest BCUT2D eigenvalue weighted by Gasteiger charge is -2.54. The molecule has 2 aliphatic rings. The van der Waals surface area contributed by atoms with Crippen molar-refractivity contribution in [3.63, 3.8) is 0 Å². The van der Waals surface area contributed by atoms with Gasteiger partial charge in [-0.05, 0) is 73.6 Å². The normalized spacial score (nSPS) is 26.2. The summed E-state index contributed by atoms with van der Waals surface area (Å²) in [5.41, 5.74) is 1.60. The molecule has 0 aliphatic heterocycles. The molecule has 4 rings (SSSR count). The molecule has 1 fully saturated rings. The van der Waals surface area contributed by atoms with Crippen molar-refractivity contribution in [3.05, 3.63) is 61.6 Å². The number of carbonyl (C=O) groups excluding carboxylic acids is 1. The first-order valence-corrected chi connectivity index (χ1v) is 15.1. The number of methoxy groups -OCH3 is 1. The average Bonchev–Trinajstić information content (AvgIpc) is 2.85. The summed E-state index contributed by atoms with van der Waals surface area (Å²) >= 11 is 20.8. The van der Waals surface area contributed by atoms with Crippen LogP contribution in [0, 0.1) is 18.3 Å². The van der Waals surface area contributed by atoms with Gasteiger partial charge in [-0.25, -0.2) is 0 Å². The van der Waals surface area contributed by atoms with Crippen LogP contribution in [0.4, 0.5) is 0 Å². The minimum absolute atomic E-state index is 0.0199. The minimum Gasteiger partial charge on any atom is -0.469 e. The van der Waals surface area contributed by atoms with Gasteiger partial charge < -0.3 is 4.74 Å². The van der Waals surface area contributed by atoms with Crippen LogP contribution in [-0.4, -0.2) is 27.2 Å². The topological polar surface area (TPSA) is 82.0 Å². The Morgan fingerprint density at radius 3 is 2.26 bits per heavy atom. The zero-order valence-electron chi connectivity index (χ0n) is 22.3. The van der Waals surface area contributed by atoms with Gasteiger partial charge in [0.2, 0.25) is 0 Å². The molecule has 0 amide bonds. The van der Waals surface area contributed by atoms with Gasteiger partial charge in [-0.3, -0.25) is 9.08 Å². The highest BCUT2D eigenvalue weighted by Crippen LogP contribution is 2.61. The summed E-state index contributed by atoms with van der Waals surface area (Å²) in [5, 5.41) is 5.25. The molecule has 38 heavy (non-hydrogen) atoms. The Morgan fingerprint density at radius 1 is 1.05 bits per heavy atom. The van der Waals surface area contributed by atoms with Gasteiger partial charge in [-0.2, -0.15) is 8.42 Å². The highest BCUT2D eigenvalue weighted by atomic mass is 35.5. The highest BCUT2D eigenvalue weighted by molar-refractivity contribution is 7.86. The molecule has 2 aliphatic carbocycles. The molecule has 2 aromatic rings. The van der Waals surface area contributed by atoms with Crippen molar-refractivity contribution in [1.82, 2.24) is 0 Å². The Kier molecular flexibility index (Phi) is 7.92. The number of ether oxygens (including phenoxy) is 1. The first-order chi connectivity index (χ1) is 17.7. The maximum Gasteiger partial charge on any atom is 0.358 e. The number of esters is 1. The molecule has 0 bridgehead atoms. The van der Waals surface area contributed by atoms with Crippen LogP contribution in [0.1, 0.15) is 81.5 Å². The maximum absolute atomic E-state index is 13.1. The van der Waals surface area contributed by atoms with Crippen molar-refractivity contribution < 1.29 is 22.2 Å². The van der Waals surface area contributed by atoms with Gasteiger partial charge in [0.1, 0.15) is 4.90 Å². The van der Waals surface area contributed by atoms with Gasteiger partial charge >= 0.3 is 16.1 Å². The van der Waals surface area contributed by atoms with Gasteiger partial charge in [0.25, 0.3) is 0 Å². The van der Waals surface area contributed by atoms with E-state index in [1.165, 1.54) is 19.2 Å². The summed E-state index contributed by atoms with van der Waals surface area (Å²) in [4.78, 5) is 13.1. The lowest BCUT2D eigenvalue weighted by atomic mass is 9.49. The number of hydrogen-bond donors (Lipinski definition) is 0. The van der Waals surface area contributed by atoms with E-state index in [2.05, 4.69) is 12.1 Å². The van der Waals surface area contributed by atoms with Crippen molar-refractivity contribution in [2.24, 2.45) is 16.5 Å². The van der Waals surface area contributed by atoms with Crippen LogP contribution >= 0.6 is 34.8 Å². The molecule has 206 valence electrons. The molecular weight excluding hydrogens is 569 g/mol. The van der Waals surface area contributed by atoms with Gasteiger partial charge in [0.15, 0.2) is 0 Å². The monoisotopic (exact) mass is 599 g/mol. The molecule has 2 aromatic carbocycles. The van der Waals surface area contributed by atoms with Crippen LogP contribution in [0.3, 0.4) is 0 Å². The zero-order valence-corrected chi connectivity index (χ0v) is 25.4. The number of carbonyl (C=O) groups is 1. The second-order valence-corrected chi connectivity index (χ2v) is 13.7. The van der Waals surface area contributed by atoms with Crippen LogP contribution in [0.5, 0.6) is 0 Å². The molecule has 3 atom stereocenters. The quantitative estimate of drug-likeness (QED) is 0.198. The number of aryl methyl sites for hydroxylation is 1. The van der Waals surface area contributed by atoms with Crippen molar-refractivity contribution in [2.75, 3.05) is 7.11 Å². The van der Waals surface area contributed by atoms with Crippen molar-refractivity contribution in [1.29, 1.82) is 0 Å². The van der Waals surface area contributed by atoms with E-state index in [4.69, 9.17) is 43.8 Å². The third-order valence-corrected chi connectivity index (χ3v) is 10.7. The lowest BCUT2D eigenvalue weighted by molar-refractivity contribution is -0.160. The lowest BCUT2D eigenvalue weighted by Crippen LogP contribution is -2.54. The predicted molar refractivity (Wildman–Crippen MR) is 151 cm³/mol. The fourth-order valence-corrected chi connectivity index (χ4v) is 8.44. The summed E-state index contributed by atoms with van der Waals surface area (Å²) < 4.78 is 36.5. The fraction of sp³-hybridized carbons (Fsp3) is 0.500. The Bertz CT molecular complexity index is 1420. The van der Waals surface area contributed by atoms with E-state index in [1.807, 2.05) is 27.7 Å². The van der Waals surface area contributed by atoms with E-state index in [1.54, 1.807) is 12.1 Å². The Morgan fingerprint density at radius 2 is 1.68 bits per heavy atom. The number of fused-ring (bicyclic) bond motifs is 3. The van der Waals surface area contributed by atoms with E-state index in [0.29, 0.717) is 43.9 Å². The predicted octanol–water partition coefficient (Wildman–Crippen LogP) is 7.83. The molecular formula is C28H32Cl3NO5S. The Labute approximate surface area is 239 Å². The summed E-state index contributed by atoms with van der Waals surface area (Å²) in [6.07, 6.45) is 2.35. The molecule has 10 heteroatoms. The minimum atomic E-state index is -4.21. The van der Waals surface area contributed by atoms with Gasteiger partial charge in [0.05, 0.1) is 33.3 Å². The summed E-state index contributed by atoms with van der Waals surface area (Å²) in [5.74, 6) is -0.715. The van der Waals surface area contributed by atoms with Crippen molar-refractivity contribution in [3.8, 4) is 0 Å². The van der Waals surface area contributed by atoms with E-state index >= 15 is 0 Å². The molecule has 0 radical (unpaired) electrons. The smallest absolute Gasteiger partial charge is 0.358 e. The first-order valence-electron chi connectivity index (χ1n) is 12.6. The standard InChI is InChI=1S/C28H32Cl3NO5S/c1-15(2)20-23(29)21-18(32-37-38(34,35)17-10-8-16(3)9-11-17)14-19-27(4,22(21)25(31)24(20)30)12-7-13-28(19,5)26(33)36-6/h8-11,15,19H,7,12-14H2,1-6H3. The van der Waals surface area contributed by atoms with Crippen LogP contribution in [0.15, 0.2) is 34.3 Å². The third-order valence-electron chi connectivity index (χ3n) is 8.33. The van der Waals surface area contributed by atoms with Crippen LogP contribution < -0.4 is 0 Å². The van der Waals surface area contributed by atoms with Crippen LogP contribution in [0.2, 0.25) is 15.1 Å². The summed E-state index contributed by atoms with van der Waals surface area (Å²) in [6, 6.07) is 6.30. The van der Waals surface area contributed by atoms with Gasteiger partial charge in [-0.15, -0.1) is 0 Å². The number of oxime groups is 1. The van der Waals surface area contributed by atoms with Gasteiger partial charge in [0, 0.05) is 5.56 Å². The molecule has 0 aromatic heterocycles. The van der Waals surface area contributed by atoms with Crippen LogP contribution in [-0.2, 0) is 29.3 Å². The number of nitrogens with zero attached hydrogens (tertiary/aromatic N) is 1.